The Balaban J connectivity index is 0.00000364. The van der Waals surface area contributed by atoms with E-state index in [1.165, 1.54) is 0 Å². The van der Waals surface area contributed by atoms with Crippen molar-refractivity contribution in [1.82, 2.24) is 10.6 Å². The van der Waals surface area contributed by atoms with Crippen molar-refractivity contribution in [3.63, 3.8) is 0 Å². The van der Waals surface area contributed by atoms with Gasteiger partial charge in [-0.15, -0.1) is 12.4 Å². The molecule has 148 valence electrons. The Hall–Kier alpha value is -2.24. The molecule has 0 aliphatic carbocycles. The number of carbonyl (C=O) groups is 1. The van der Waals surface area contributed by atoms with Gasteiger partial charge < -0.3 is 20.1 Å². The number of rotatable bonds is 10. The molecule has 2 aromatic rings. The third kappa shape index (κ3) is 7.49. The molecule has 0 aromatic heterocycles. The number of halogens is 1. The average molecular weight is 393 g/mol. The highest BCUT2D eigenvalue weighted by Crippen LogP contribution is 2.31. The van der Waals surface area contributed by atoms with Crippen LogP contribution in [0, 0.1) is 0 Å². The molecule has 0 aliphatic rings. The zero-order valence-electron chi connectivity index (χ0n) is 16.2. The second kappa shape index (κ2) is 12.2. The van der Waals surface area contributed by atoms with E-state index in [0.717, 1.165) is 24.1 Å². The van der Waals surface area contributed by atoms with E-state index in [-0.39, 0.29) is 24.4 Å². The van der Waals surface area contributed by atoms with Crippen LogP contribution in [-0.2, 0) is 11.4 Å². The van der Waals surface area contributed by atoms with Gasteiger partial charge in [0.05, 0.1) is 13.2 Å². The Morgan fingerprint density at radius 2 is 1.85 bits per heavy atom. The molecule has 0 saturated carbocycles. The number of ether oxygens (including phenoxy) is 2. The number of carbonyl (C=O) groups excluding carboxylic acids is 1. The quantitative estimate of drug-likeness (QED) is 0.602. The Labute approximate surface area is 167 Å². The van der Waals surface area contributed by atoms with Gasteiger partial charge >= 0.3 is 0 Å². The molecule has 5 nitrogen and oxygen atoms in total. The van der Waals surface area contributed by atoms with E-state index >= 15 is 0 Å². The number of amides is 1. The maximum absolute atomic E-state index is 12.0. The van der Waals surface area contributed by atoms with Crippen LogP contribution in [-0.4, -0.2) is 26.6 Å². The van der Waals surface area contributed by atoms with Gasteiger partial charge in [-0.25, -0.2) is 0 Å². The summed E-state index contributed by atoms with van der Waals surface area (Å²) in [6, 6.07) is 15.7. The van der Waals surface area contributed by atoms with Crippen LogP contribution in [0.25, 0.3) is 0 Å². The van der Waals surface area contributed by atoms with E-state index in [1.807, 2.05) is 62.5 Å². The van der Waals surface area contributed by atoms with Gasteiger partial charge in [0.1, 0.15) is 6.61 Å². The third-order valence-corrected chi connectivity index (χ3v) is 4.13. The number of nitrogens with one attached hydrogen (secondary N) is 2. The first-order chi connectivity index (χ1) is 12.6. The maximum atomic E-state index is 12.0. The molecule has 2 rings (SSSR count). The molecule has 0 heterocycles. The summed E-state index contributed by atoms with van der Waals surface area (Å²) < 4.78 is 11.3. The van der Waals surface area contributed by atoms with E-state index in [1.54, 1.807) is 7.11 Å². The maximum Gasteiger partial charge on any atom is 0.220 e. The normalized spacial score (nSPS) is 11.2. The molecular formula is C21H29ClN2O3. The van der Waals surface area contributed by atoms with E-state index < -0.39 is 0 Å². The Bertz CT molecular complexity index is 695. The number of benzene rings is 2. The van der Waals surface area contributed by atoms with Crippen LogP contribution < -0.4 is 20.1 Å². The fraction of sp³-hybridized carbons (Fsp3) is 0.381. The monoisotopic (exact) mass is 392 g/mol. The van der Waals surface area contributed by atoms with Gasteiger partial charge in [0.2, 0.25) is 5.91 Å². The van der Waals surface area contributed by atoms with Crippen molar-refractivity contribution < 1.29 is 14.3 Å². The van der Waals surface area contributed by atoms with Crippen LogP contribution in [0.3, 0.4) is 0 Å². The fourth-order valence-electron chi connectivity index (χ4n) is 2.63. The van der Waals surface area contributed by atoms with Crippen molar-refractivity contribution in [2.75, 3.05) is 20.7 Å². The molecule has 2 aromatic carbocycles. The van der Waals surface area contributed by atoms with Gasteiger partial charge in [-0.1, -0.05) is 36.4 Å². The molecule has 6 heteroatoms. The molecule has 0 fully saturated rings. The first-order valence-electron chi connectivity index (χ1n) is 8.92. The molecule has 0 saturated heterocycles. The average Bonchev–Trinajstić information content (AvgIpc) is 2.67. The number of methoxy groups -OCH3 is 1. The predicted molar refractivity (Wildman–Crippen MR) is 111 cm³/mol. The molecule has 27 heavy (non-hydrogen) atoms. The van der Waals surface area contributed by atoms with E-state index in [4.69, 9.17) is 9.47 Å². The highest BCUT2D eigenvalue weighted by molar-refractivity contribution is 5.85. The first kappa shape index (κ1) is 22.8. The van der Waals surface area contributed by atoms with Crippen molar-refractivity contribution in [2.45, 2.75) is 32.4 Å². The zero-order chi connectivity index (χ0) is 18.8. The van der Waals surface area contributed by atoms with Crippen LogP contribution >= 0.6 is 12.4 Å². The lowest BCUT2D eigenvalue weighted by molar-refractivity contribution is -0.121. The van der Waals surface area contributed by atoms with Crippen LogP contribution in [0.2, 0.25) is 0 Å². The van der Waals surface area contributed by atoms with Gasteiger partial charge in [0, 0.05) is 6.42 Å². The van der Waals surface area contributed by atoms with Gasteiger partial charge in [-0.05, 0) is 50.2 Å². The smallest absolute Gasteiger partial charge is 0.220 e. The van der Waals surface area contributed by atoms with Gasteiger partial charge in [-0.2, -0.15) is 0 Å². The topological polar surface area (TPSA) is 59.6 Å². The second-order valence-electron chi connectivity index (χ2n) is 6.18. The fourth-order valence-corrected chi connectivity index (χ4v) is 2.63. The van der Waals surface area contributed by atoms with Crippen molar-refractivity contribution in [2.24, 2.45) is 0 Å². The standard InChI is InChI=1S/C21H28N2O3.ClH/c1-16(23-21(24)10-7-13-22-2)18-11-12-19(20(14-18)25-3)26-15-17-8-5-4-6-9-17;/h4-6,8-9,11-12,14,16,22H,7,10,13,15H2,1-3H3,(H,23,24);1H. The summed E-state index contributed by atoms with van der Waals surface area (Å²) in [5.41, 5.74) is 2.08. The molecule has 1 atom stereocenters. The number of hydrogen-bond donors (Lipinski definition) is 2. The molecular weight excluding hydrogens is 364 g/mol. The molecule has 0 aliphatic heterocycles. The molecule has 2 N–H and O–H groups in total. The minimum absolute atomic E-state index is 0. The first-order valence-corrected chi connectivity index (χ1v) is 8.92. The zero-order valence-corrected chi connectivity index (χ0v) is 17.0. The van der Waals surface area contributed by atoms with E-state index in [0.29, 0.717) is 24.5 Å². The summed E-state index contributed by atoms with van der Waals surface area (Å²) in [6.45, 7) is 3.28. The van der Waals surface area contributed by atoms with Crippen LogP contribution in [0.15, 0.2) is 48.5 Å². The third-order valence-electron chi connectivity index (χ3n) is 4.13. The van der Waals surface area contributed by atoms with Gasteiger partial charge in [0.25, 0.3) is 0 Å². The van der Waals surface area contributed by atoms with Crippen molar-refractivity contribution >= 4 is 18.3 Å². The van der Waals surface area contributed by atoms with Gasteiger partial charge in [0.15, 0.2) is 11.5 Å². The van der Waals surface area contributed by atoms with Crippen LogP contribution in [0.4, 0.5) is 0 Å². The Kier molecular flexibility index (Phi) is 10.3. The highest BCUT2D eigenvalue weighted by Gasteiger charge is 2.13. The van der Waals surface area contributed by atoms with E-state index in [2.05, 4.69) is 10.6 Å². The van der Waals surface area contributed by atoms with E-state index in [9.17, 15) is 4.79 Å². The SMILES string of the molecule is CNCCCC(=O)NC(C)c1ccc(OCc2ccccc2)c(OC)c1.Cl. The summed E-state index contributed by atoms with van der Waals surface area (Å²) in [7, 11) is 3.50. The van der Waals surface area contributed by atoms with Crippen molar-refractivity contribution in [1.29, 1.82) is 0 Å². The molecule has 0 radical (unpaired) electrons. The van der Waals surface area contributed by atoms with Crippen LogP contribution in [0.5, 0.6) is 11.5 Å². The lowest BCUT2D eigenvalue weighted by Crippen LogP contribution is -2.27. The lowest BCUT2D eigenvalue weighted by atomic mass is 10.1. The molecule has 1 amide bonds. The van der Waals surface area contributed by atoms with Crippen LogP contribution in [0.1, 0.15) is 36.9 Å². The number of hydrogen-bond acceptors (Lipinski definition) is 4. The van der Waals surface area contributed by atoms with Gasteiger partial charge in [-0.3, -0.25) is 4.79 Å². The lowest BCUT2D eigenvalue weighted by Gasteiger charge is -2.17. The predicted octanol–water partition coefficient (Wildman–Crippen LogP) is 3.87. The Morgan fingerprint density at radius 3 is 2.52 bits per heavy atom. The molecule has 0 bridgehead atoms. The minimum Gasteiger partial charge on any atom is -0.493 e. The Morgan fingerprint density at radius 1 is 1.11 bits per heavy atom. The largest absolute Gasteiger partial charge is 0.493 e. The van der Waals surface area contributed by atoms with Crippen molar-refractivity contribution in [3.05, 3.63) is 59.7 Å². The summed E-state index contributed by atoms with van der Waals surface area (Å²) >= 11 is 0. The van der Waals surface area contributed by atoms with Crippen molar-refractivity contribution in [3.8, 4) is 11.5 Å². The summed E-state index contributed by atoms with van der Waals surface area (Å²) in [4.78, 5) is 12.0. The summed E-state index contributed by atoms with van der Waals surface area (Å²) in [5.74, 6) is 1.40. The summed E-state index contributed by atoms with van der Waals surface area (Å²) in [6.07, 6.45) is 1.34. The second-order valence-corrected chi connectivity index (χ2v) is 6.18. The molecule has 0 spiro atoms. The minimum atomic E-state index is -0.0887. The summed E-state index contributed by atoms with van der Waals surface area (Å²) in [5, 5.41) is 6.06. The molecule has 1 unspecified atom stereocenters. The highest BCUT2D eigenvalue weighted by atomic mass is 35.5.